The van der Waals surface area contributed by atoms with Gasteiger partial charge in [0.1, 0.15) is 30.3 Å². The highest BCUT2D eigenvalue weighted by Gasteiger charge is 2.45. The SMILES string of the molecule is C[C@H]1O[C@@H](n2cnc3c(N)ncnc32)C[C@@H]1OP(=O)(O)OC[C@H]1O[C@@H](n2ccc(=O)[nH]c2=O)[C@H](N)[C@@H]1O. The van der Waals surface area contributed by atoms with E-state index in [9.17, 15) is 24.2 Å². The molecular weight excluding hydrogens is 515 g/mol. The predicted molar refractivity (Wildman–Crippen MR) is 124 cm³/mol. The number of aromatic amines is 1. The van der Waals surface area contributed by atoms with Crippen molar-refractivity contribution in [3.8, 4) is 0 Å². The molecule has 0 radical (unpaired) electrons. The number of ether oxygens (including phenoxy) is 2. The number of hydrogen-bond donors (Lipinski definition) is 5. The Morgan fingerprint density at radius 1 is 1.27 bits per heavy atom. The van der Waals surface area contributed by atoms with Crippen molar-refractivity contribution in [3.05, 3.63) is 45.8 Å². The maximum atomic E-state index is 12.7. The minimum Gasteiger partial charge on any atom is -0.389 e. The molecule has 2 aliphatic heterocycles. The Morgan fingerprint density at radius 3 is 2.81 bits per heavy atom. The maximum Gasteiger partial charge on any atom is 0.472 e. The number of anilines is 1. The summed E-state index contributed by atoms with van der Waals surface area (Å²) in [4.78, 5) is 48.0. The normalized spacial score (nSPS) is 31.6. The van der Waals surface area contributed by atoms with Gasteiger partial charge in [-0.25, -0.2) is 24.3 Å². The number of phosphoric ester groups is 1. The lowest BCUT2D eigenvalue weighted by Gasteiger charge is -2.21. The number of hydrogen-bond acceptors (Lipinski definition) is 13. The van der Waals surface area contributed by atoms with E-state index >= 15 is 0 Å². The molecule has 1 unspecified atom stereocenters. The molecule has 8 atom stereocenters. The van der Waals surface area contributed by atoms with Gasteiger partial charge in [-0.15, -0.1) is 0 Å². The fraction of sp³-hybridized carbons (Fsp3) is 0.526. The summed E-state index contributed by atoms with van der Waals surface area (Å²) in [7, 11) is -4.64. The van der Waals surface area contributed by atoms with Crippen LogP contribution in [0.5, 0.6) is 0 Å². The number of aromatic nitrogens is 6. The van der Waals surface area contributed by atoms with Crippen molar-refractivity contribution in [2.75, 3.05) is 12.3 Å². The van der Waals surface area contributed by atoms with E-state index in [1.165, 1.54) is 18.9 Å². The van der Waals surface area contributed by atoms with E-state index in [2.05, 4.69) is 19.9 Å². The number of fused-ring (bicyclic) bond motifs is 1. The number of aliphatic hydroxyl groups is 1. The van der Waals surface area contributed by atoms with Crippen LogP contribution < -0.4 is 22.7 Å². The van der Waals surface area contributed by atoms with Gasteiger partial charge < -0.3 is 30.9 Å². The summed E-state index contributed by atoms with van der Waals surface area (Å²) in [5.41, 5.74) is 11.2. The molecule has 3 aromatic heterocycles. The standard InChI is InChI=1S/C19H25N8O9P/c1-8-9(4-12(34-8)27-7-24-14-16(21)22-6-23-17(14)27)36-37(31,32)33-5-10-15(29)13(20)18(35-10)26-3-2-11(28)25-19(26)30/h2-3,6-10,12-13,15,18,29H,4-5,20H2,1H3,(H,31,32)(H2,21,22,23)(H,25,28,30)/t8-,9+,10-,12-,13-,15-,18-/m1/s1. The van der Waals surface area contributed by atoms with Crippen LogP contribution >= 0.6 is 7.82 Å². The first kappa shape index (κ1) is 25.6. The number of nitrogens with zero attached hydrogens (tertiary/aromatic N) is 5. The highest BCUT2D eigenvalue weighted by atomic mass is 31.2. The first-order chi connectivity index (χ1) is 17.5. The monoisotopic (exact) mass is 540 g/mol. The highest BCUT2D eigenvalue weighted by Crippen LogP contribution is 2.49. The minimum absolute atomic E-state index is 0.176. The third-order valence-electron chi connectivity index (χ3n) is 6.24. The van der Waals surface area contributed by atoms with Crippen molar-refractivity contribution >= 4 is 24.8 Å². The van der Waals surface area contributed by atoms with Gasteiger partial charge in [-0.3, -0.25) is 28.0 Å². The molecule has 7 N–H and O–H groups in total. The van der Waals surface area contributed by atoms with Gasteiger partial charge in [-0.05, 0) is 6.92 Å². The number of H-pyrrole nitrogens is 1. The van der Waals surface area contributed by atoms with E-state index in [-0.39, 0.29) is 12.2 Å². The fourth-order valence-corrected chi connectivity index (χ4v) is 5.32. The van der Waals surface area contributed by atoms with Crippen molar-refractivity contribution in [1.29, 1.82) is 0 Å². The Kier molecular flexibility index (Phi) is 6.71. The van der Waals surface area contributed by atoms with Crippen LogP contribution in [0.2, 0.25) is 0 Å². The average molecular weight is 540 g/mol. The molecule has 3 aromatic rings. The van der Waals surface area contributed by atoms with E-state index in [0.29, 0.717) is 11.2 Å². The first-order valence-electron chi connectivity index (χ1n) is 11.2. The second-order valence-corrected chi connectivity index (χ2v) is 10.1. The van der Waals surface area contributed by atoms with E-state index in [1.54, 1.807) is 11.5 Å². The summed E-state index contributed by atoms with van der Waals surface area (Å²) in [5, 5.41) is 10.4. The number of nitrogen functional groups attached to an aromatic ring is 1. The Morgan fingerprint density at radius 2 is 2.05 bits per heavy atom. The zero-order chi connectivity index (χ0) is 26.5. The number of rotatable bonds is 7. The van der Waals surface area contributed by atoms with Gasteiger partial charge >= 0.3 is 13.5 Å². The topological polar surface area (TPSA) is 245 Å². The molecule has 0 spiro atoms. The molecule has 0 amide bonds. The fourth-order valence-electron chi connectivity index (χ4n) is 4.32. The molecule has 18 heteroatoms. The molecule has 0 aromatic carbocycles. The van der Waals surface area contributed by atoms with Crippen LogP contribution in [0, 0.1) is 0 Å². The van der Waals surface area contributed by atoms with Crippen molar-refractivity contribution < 1.29 is 33.1 Å². The summed E-state index contributed by atoms with van der Waals surface area (Å²) in [6, 6.07) is 0.0128. The van der Waals surface area contributed by atoms with Gasteiger partial charge in [0, 0.05) is 18.7 Å². The lowest BCUT2D eigenvalue weighted by Crippen LogP contribution is -2.43. The first-order valence-corrected chi connectivity index (χ1v) is 12.7. The van der Waals surface area contributed by atoms with Gasteiger partial charge in [0.25, 0.3) is 5.56 Å². The Labute approximate surface area is 207 Å². The number of phosphoric acid groups is 1. The Bertz CT molecular complexity index is 1460. The van der Waals surface area contributed by atoms with Crippen LogP contribution in [0.25, 0.3) is 11.2 Å². The summed E-state index contributed by atoms with van der Waals surface area (Å²) in [6.45, 7) is 1.10. The summed E-state index contributed by atoms with van der Waals surface area (Å²) in [6.07, 6.45) is -1.55. The largest absolute Gasteiger partial charge is 0.472 e. The van der Waals surface area contributed by atoms with Crippen molar-refractivity contribution in [1.82, 2.24) is 29.1 Å². The molecule has 17 nitrogen and oxygen atoms in total. The van der Waals surface area contributed by atoms with E-state index < -0.39 is 68.6 Å². The van der Waals surface area contributed by atoms with Crippen LogP contribution in [0.15, 0.2) is 34.5 Å². The van der Waals surface area contributed by atoms with Gasteiger partial charge in [0.15, 0.2) is 17.7 Å². The van der Waals surface area contributed by atoms with Crippen LogP contribution in [-0.2, 0) is 23.1 Å². The molecule has 0 bridgehead atoms. The lowest BCUT2D eigenvalue weighted by atomic mass is 10.1. The van der Waals surface area contributed by atoms with Gasteiger partial charge in [-0.2, -0.15) is 0 Å². The second kappa shape index (κ2) is 9.70. The van der Waals surface area contributed by atoms with Crippen molar-refractivity contribution in [2.24, 2.45) is 5.73 Å². The van der Waals surface area contributed by atoms with Gasteiger partial charge in [-0.1, -0.05) is 0 Å². The van der Waals surface area contributed by atoms with E-state index in [0.717, 1.165) is 10.6 Å². The quantitative estimate of drug-likeness (QED) is 0.211. The van der Waals surface area contributed by atoms with Crippen LogP contribution in [0.3, 0.4) is 0 Å². The van der Waals surface area contributed by atoms with Crippen LogP contribution in [0.4, 0.5) is 5.82 Å². The minimum atomic E-state index is -4.64. The number of imidazole rings is 1. The molecule has 2 fully saturated rings. The number of aliphatic hydroxyl groups excluding tert-OH is 1. The van der Waals surface area contributed by atoms with Crippen molar-refractivity contribution in [2.45, 2.75) is 56.3 Å². The van der Waals surface area contributed by atoms with Crippen LogP contribution in [0.1, 0.15) is 25.8 Å². The van der Waals surface area contributed by atoms with Gasteiger partial charge in [0.2, 0.25) is 0 Å². The summed E-state index contributed by atoms with van der Waals surface area (Å²) < 4.78 is 37.2. The second-order valence-electron chi connectivity index (χ2n) is 8.67. The molecule has 200 valence electrons. The average Bonchev–Trinajstić information content (AvgIpc) is 3.50. The Hall–Kier alpha value is -3.02. The summed E-state index contributed by atoms with van der Waals surface area (Å²) >= 11 is 0. The molecule has 0 aliphatic carbocycles. The number of nitrogens with two attached hydrogens (primary N) is 2. The molecular formula is C19H25N8O9P. The predicted octanol–water partition coefficient (Wildman–Crippen LogP) is -1.65. The van der Waals surface area contributed by atoms with E-state index in [4.69, 9.17) is 30.0 Å². The molecule has 37 heavy (non-hydrogen) atoms. The molecule has 5 rings (SSSR count). The zero-order valence-corrected chi connectivity index (χ0v) is 20.2. The van der Waals surface area contributed by atoms with E-state index in [1.807, 2.05) is 0 Å². The lowest BCUT2D eigenvalue weighted by molar-refractivity contribution is -0.0506. The maximum absolute atomic E-state index is 12.7. The zero-order valence-electron chi connectivity index (χ0n) is 19.4. The molecule has 2 saturated heterocycles. The third-order valence-corrected chi connectivity index (χ3v) is 7.25. The van der Waals surface area contributed by atoms with Crippen LogP contribution in [-0.4, -0.2) is 76.1 Å². The van der Waals surface area contributed by atoms with Crippen molar-refractivity contribution in [3.63, 3.8) is 0 Å². The highest BCUT2D eigenvalue weighted by molar-refractivity contribution is 7.47. The smallest absolute Gasteiger partial charge is 0.389 e. The molecule has 2 aliphatic rings. The Balaban J connectivity index is 1.21. The third kappa shape index (κ3) is 4.95. The van der Waals surface area contributed by atoms with Gasteiger partial charge in [0.05, 0.1) is 31.2 Å². The molecule has 0 saturated carbocycles. The number of nitrogens with one attached hydrogen (secondary N) is 1. The summed E-state index contributed by atoms with van der Waals surface area (Å²) in [5.74, 6) is 0.208. The molecule has 5 heterocycles.